The average molecular weight is 495 g/mol. The summed E-state index contributed by atoms with van der Waals surface area (Å²) < 4.78 is 54.5. The molecule has 0 bridgehead atoms. The minimum absolute atomic E-state index is 0.291. The maximum Gasteiger partial charge on any atom is 0.240 e. The quantitative estimate of drug-likeness (QED) is 0.436. The van der Waals surface area contributed by atoms with Gasteiger partial charge in [-0.1, -0.05) is 35.9 Å². The Balaban J connectivity index is 1.28. The third-order valence-corrected chi connectivity index (χ3v) is 8.69. The van der Waals surface area contributed by atoms with Gasteiger partial charge in [0.25, 0.3) is 0 Å². The zero-order valence-electron chi connectivity index (χ0n) is 19.1. The first kappa shape index (κ1) is 25.8. The van der Waals surface area contributed by atoms with Crippen molar-refractivity contribution in [2.24, 2.45) is 0 Å². The molecule has 1 aliphatic heterocycles. The lowest BCUT2D eigenvalue weighted by atomic mass is 10.2. The molecule has 2 aromatic rings. The Labute approximate surface area is 198 Å². The molecule has 0 saturated carbocycles. The van der Waals surface area contributed by atoms with Crippen LogP contribution in [0.5, 0.6) is 0 Å². The number of hydrogen-bond acceptors (Lipinski definition) is 6. The number of aryl methyl sites for hydroxylation is 1. The van der Waals surface area contributed by atoms with Crippen LogP contribution in [0.25, 0.3) is 0 Å². The third-order valence-electron chi connectivity index (χ3n) is 5.74. The lowest BCUT2D eigenvalue weighted by Crippen LogP contribution is -2.47. The molecule has 1 heterocycles. The molecular formula is C23H34N4O4S2. The number of piperazine rings is 1. The molecule has 0 unspecified atom stereocenters. The second kappa shape index (κ2) is 12.0. The number of sulfonamides is 2. The van der Waals surface area contributed by atoms with Gasteiger partial charge in [0, 0.05) is 39.3 Å². The van der Waals surface area contributed by atoms with Crippen molar-refractivity contribution in [1.82, 2.24) is 19.2 Å². The average Bonchev–Trinajstić information content (AvgIpc) is 2.81. The molecule has 1 aliphatic rings. The maximum absolute atomic E-state index is 12.3. The zero-order valence-corrected chi connectivity index (χ0v) is 20.7. The van der Waals surface area contributed by atoms with Gasteiger partial charge in [0.1, 0.15) is 0 Å². The number of benzene rings is 2. The highest BCUT2D eigenvalue weighted by atomic mass is 32.2. The van der Waals surface area contributed by atoms with Crippen molar-refractivity contribution in [3.8, 4) is 0 Å². The van der Waals surface area contributed by atoms with Gasteiger partial charge in [-0.3, -0.25) is 0 Å². The fourth-order valence-corrected chi connectivity index (χ4v) is 5.91. The summed E-state index contributed by atoms with van der Waals surface area (Å²) in [5.41, 5.74) is 1.03. The van der Waals surface area contributed by atoms with Crippen molar-refractivity contribution in [3.05, 3.63) is 60.2 Å². The van der Waals surface area contributed by atoms with E-state index in [1.807, 2.05) is 6.92 Å². The van der Waals surface area contributed by atoms with Crippen LogP contribution in [0.3, 0.4) is 0 Å². The molecule has 2 N–H and O–H groups in total. The lowest BCUT2D eigenvalue weighted by Gasteiger charge is -2.34. The summed E-state index contributed by atoms with van der Waals surface area (Å²) >= 11 is 0. The topological polar surface area (TPSA) is 98.8 Å². The van der Waals surface area contributed by atoms with Gasteiger partial charge >= 0.3 is 0 Å². The highest BCUT2D eigenvalue weighted by molar-refractivity contribution is 7.89. The van der Waals surface area contributed by atoms with Gasteiger partial charge in [-0.2, -0.15) is 0 Å². The molecule has 1 saturated heterocycles. The van der Waals surface area contributed by atoms with E-state index in [1.54, 1.807) is 54.6 Å². The molecule has 0 aliphatic carbocycles. The molecule has 0 aromatic heterocycles. The van der Waals surface area contributed by atoms with Crippen LogP contribution in [0, 0.1) is 6.92 Å². The first-order chi connectivity index (χ1) is 15.8. The van der Waals surface area contributed by atoms with E-state index in [1.165, 1.54) is 0 Å². The zero-order chi connectivity index (χ0) is 23.7. The fourth-order valence-electron chi connectivity index (χ4n) is 3.74. The summed E-state index contributed by atoms with van der Waals surface area (Å²) in [6, 6.07) is 15.3. The first-order valence-corrected chi connectivity index (χ1v) is 14.3. The van der Waals surface area contributed by atoms with E-state index in [2.05, 4.69) is 19.2 Å². The maximum atomic E-state index is 12.3. The normalized spacial score (nSPS) is 16.2. The molecule has 33 heavy (non-hydrogen) atoms. The van der Waals surface area contributed by atoms with Crippen molar-refractivity contribution in [2.75, 3.05) is 52.4 Å². The molecule has 0 atom stereocenters. The lowest BCUT2D eigenvalue weighted by molar-refractivity contribution is 0.131. The van der Waals surface area contributed by atoms with Gasteiger partial charge in [0.2, 0.25) is 20.0 Å². The van der Waals surface area contributed by atoms with Crippen molar-refractivity contribution < 1.29 is 16.8 Å². The Hall–Kier alpha value is -1.82. The molecule has 0 spiro atoms. The molecule has 1 fully saturated rings. The Morgan fingerprint density at radius 2 is 1.09 bits per heavy atom. The van der Waals surface area contributed by atoms with E-state index < -0.39 is 20.0 Å². The van der Waals surface area contributed by atoms with Gasteiger partial charge in [-0.15, -0.1) is 0 Å². The van der Waals surface area contributed by atoms with E-state index in [0.717, 1.165) is 57.7 Å². The largest absolute Gasteiger partial charge is 0.301 e. The highest BCUT2D eigenvalue weighted by Crippen LogP contribution is 2.10. The molecule has 8 nitrogen and oxygen atoms in total. The van der Waals surface area contributed by atoms with E-state index in [-0.39, 0.29) is 0 Å². The minimum Gasteiger partial charge on any atom is -0.301 e. The van der Waals surface area contributed by atoms with Crippen LogP contribution < -0.4 is 9.44 Å². The monoisotopic (exact) mass is 494 g/mol. The summed E-state index contributed by atoms with van der Waals surface area (Å²) in [4.78, 5) is 5.27. The van der Waals surface area contributed by atoms with Gasteiger partial charge in [0.05, 0.1) is 9.79 Å². The number of nitrogens with one attached hydrogen (secondary N) is 2. The first-order valence-electron chi connectivity index (χ1n) is 11.3. The molecule has 3 rings (SSSR count). The van der Waals surface area contributed by atoms with Crippen LogP contribution in [-0.2, 0) is 20.0 Å². The van der Waals surface area contributed by atoms with Crippen LogP contribution in [0.4, 0.5) is 0 Å². The number of hydrogen-bond donors (Lipinski definition) is 2. The molecule has 0 amide bonds. The van der Waals surface area contributed by atoms with Gasteiger partial charge < -0.3 is 9.80 Å². The minimum atomic E-state index is -3.46. The third kappa shape index (κ3) is 8.16. The molecule has 10 heteroatoms. The molecule has 2 aromatic carbocycles. The van der Waals surface area contributed by atoms with Crippen molar-refractivity contribution in [3.63, 3.8) is 0 Å². The van der Waals surface area contributed by atoms with Crippen LogP contribution >= 0.6 is 0 Å². The van der Waals surface area contributed by atoms with Crippen molar-refractivity contribution >= 4 is 20.0 Å². The van der Waals surface area contributed by atoms with E-state index in [0.29, 0.717) is 22.9 Å². The standard InChI is InChI=1S/C23H34N4O4S2/c1-21-9-11-23(12-10-21)33(30,31)25-14-6-16-27-19-17-26(18-20-27)15-5-13-24-32(28,29)22-7-3-2-4-8-22/h2-4,7-12,24-25H,5-6,13-20H2,1H3. The summed E-state index contributed by atoms with van der Waals surface area (Å²) in [7, 11) is -6.90. The predicted octanol–water partition coefficient (Wildman–Crippen LogP) is 1.65. The number of nitrogens with zero attached hydrogens (tertiary/aromatic N) is 2. The summed E-state index contributed by atoms with van der Waals surface area (Å²) in [6.45, 7) is 8.18. The highest BCUT2D eigenvalue weighted by Gasteiger charge is 2.18. The number of rotatable bonds is 12. The fraction of sp³-hybridized carbons (Fsp3) is 0.478. The predicted molar refractivity (Wildman–Crippen MR) is 130 cm³/mol. The Bertz CT molecular complexity index is 1070. The van der Waals surface area contributed by atoms with Gasteiger partial charge in [0.15, 0.2) is 0 Å². The molecule has 182 valence electrons. The summed E-state index contributed by atoms with van der Waals surface area (Å²) in [5.74, 6) is 0. The van der Waals surface area contributed by atoms with Crippen molar-refractivity contribution in [2.45, 2.75) is 29.6 Å². The second-order valence-corrected chi connectivity index (χ2v) is 11.8. The van der Waals surface area contributed by atoms with Gasteiger partial charge in [-0.05, 0) is 57.1 Å². The van der Waals surface area contributed by atoms with Crippen LogP contribution in [0.2, 0.25) is 0 Å². The Morgan fingerprint density at radius 3 is 1.55 bits per heavy atom. The summed E-state index contributed by atoms with van der Waals surface area (Å²) in [6.07, 6.45) is 1.51. The smallest absolute Gasteiger partial charge is 0.240 e. The van der Waals surface area contributed by atoms with E-state index in [4.69, 9.17) is 0 Å². The second-order valence-electron chi connectivity index (χ2n) is 8.31. The van der Waals surface area contributed by atoms with Crippen molar-refractivity contribution in [1.29, 1.82) is 0 Å². The van der Waals surface area contributed by atoms with Crippen LogP contribution in [0.1, 0.15) is 18.4 Å². The summed E-state index contributed by atoms with van der Waals surface area (Å²) in [5, 5.41) is 0. The Kier molecular flexibility index (Phi) is 9.42. The van der Waals surface area contributed by atoms with Gasteiger partial charge in [-0.25, -0.2) is 26.3 Å². The Morgan fingerprint density at radius 1 is 0.667 bits per heavy atom. The van der Waals surface area contributed by atoms with Crippen LogP contribution in [0.15, 0.2) is 64.4 Å². The van der Waals surface area contributed by atoms with Crippen LogP contribution in [-0.4, -0.2) is 79.0 Å². The molecule has 0 radical (unpaired) electrons. The van der Waals surface area contributed by atoms with E-state index in [9.17, 15) is 16.8 Å². The SMILES string of the molecule is Cc1ccc(S(=O)(=O)NCCCN2CCN(CCCNS(=O)(=O)c3ccccc3)CC2)cc1. The molecular weight excluding hydrogens is 460 g/mol. The van der Waals surface area contributed by atoms with E-state index >= 15 is 0 Å².